The third-order valence-corrected chi connectivity index (χ3v) is 0.903. The van der Waals surface area contributed by atoms with E-state index in [4.69, 9.17) is 10.2 Å². The van der Waals surface area contributed by atoms with Gasteiger partial charge in [-0.25, -0.2) is 0 Å². The number of aliphatic hydroxyl groups excluding tert-OH is 2. The molecule has 0 saturated carbocycles. The van der Waals surface area contributed by atoms with Crippen LogP contribution in [0.5, 0.6) is 0 Å². The van der Waals surface area contributed by atoms with Gasteiger partial charge in [0.2, 0.25) is 0 Å². The SMILES string of the molecule is CCCCOC(C)=O.OCCO. The third kappa shape index (κ3) is 22.8. The minimum atomic E-state index is -0.182. The molecular formula is C8H18O4. The van der Waals surface area contributed by atoms with Gasteiger partial charge >= 0.3 is 5.97 Å². The van der Waals surface area contributed by atoms with Crippen LogP contribution in [0.25, 0.3) is 0 Å². The number of ether oxygens (including phenoxy) is 1. The van der Waals surface area contributed by atoms with E-state index >= 15 is 0 Å². The normalized spacial score (nSPS) is 8.33. The predicted octanol–water partition coefficient (Wildman–Crippen LogP) is 0.321. The van der Waals surface area contributed by atoms with E-state index in [9.17, 15) is 4.79 Å². The van der Waals surface area contributed by atoms with Gasteiger partial charge in [-0.15, -0.1) is 0 Å². The van der Waals surface area contributed by atoms with E-state index < -0.39 is 0 Å². The lowest BCUT2D eigenvalue weighted by atomic mass is 10.4. The fourth-order valence-electron chi connectivity index (χ4n) is 0.360. The second kappa shape index (κ2) is 13.0. The molecule has 0 aromatic heterocycles. The Hall–Kier alpha value is -0.610. The van der Waals surface area contributed by atoms with Gasteiger partial charge in [0, 0.05) is 6.92 Å². The first kappa shape index (κ1) is 13.9. The Morgan fingerprint density at radius 2 is 1.83 bits per heavy atom. The molecular weight excluding hydrogens is 160 g/mol. The maximum atomic E-state index is 10.1. The highest BCUT2D eigenvalue weighted by Gasteiger charge is 1.88. The Balaban J connectivity index is 0. The molecule has 0 fully saturated rings. The summed E-state index contributed by atoms with van der Waals surface area (Å²) in [6.45, 7) is 3.81. The van der Waals surface area contributed by atoms with E-state index in [2.05, 4.69) is 11.7 Å². The van der Waals surface area contributed by atoms with E-state index in [0.717, 1.165) is 12.8 Å². The number of aliphatic hydroxyl groups is 2. The quantitative estimate of drug-likeness (QED) is 0.480. The Morgan fingerprint density at radius 1 is 1.33 bits per heavy atom. The molecule has 0 aromatic carbocycles. The summed E-state index contributed by atoms with van der Waals surface area (Å²) in [4.78, 5) is 10.1. The molecule has 0 saturated heterocycles. The van der Waals surface area contributed by atoms with E-state index in [-0.39, 0.29) is 19.2 Å². The molecule has 0 atom stereocenters. The first-order chi connectivity index (χ1) is 5.68. The molecule has 0 unspecified atom stereocenters. The Kier molecular flexibility index (Phi) is 15.1. The first-order valence-corrected chi connectivity index (χ1v) is 4.04. The third-order valence-electron chi connectivity index (χ3n) is 0.903. The molecule has 0 heterocycles. The van der Waals surface area contributed by atoms with Gasteiger partial charge in [-0.2, -0.15) is 0 Å². The number of carbonyl (C=O) groups excluding carboxylic acids is 1. The standard InChI is InChI=1S/C6H12O2.C2H6O2/c1-3-4-5-8-6(2)7;3-1-2-4/h3-5H2,1-2H3;3-4H,1-2H2. The molecule has 12 heavy (non-hydrogen) atoms. The largest absolute Gasteiger partial charge is 0.466 e. The summed E-state index contributed by atoms with van der Waals surface area (Å²) in [6.07, 6.45) is 2.05. The Morgan fingerprint density at radius 3 is 2.08 bits per heavy atom. The van der Waals surface area contributed by atoms with Crippen molar-refractivity contribution >= 4 is 5.97 Å². The number of carbonyl (C=O) groups is 1. The fraction of sp³-hybridized carbons (Fsp3) is 0.875. The molecule has 0 aromatic rings. The van der Waals surface area contributed by atoms with Gasteiger partial charge in [0.1, 0.15) is 0 Å². The van der Waals surface area contributed by atoms with Crippen LogP contribution >= 0.6 is 0 Å². The zero-order valence-corrected chi connectivity index (χ0v) is 7.75. The zero-order valence-electron chi connectivity index (χ0n) is 7.75. The maximum Gasteiger partial charge on any atom is 0.302 e. The highest BCUT2D eigenvalue weighted by molar-refractivity contribution is 5.65. The molecule has 0 aliphatic heterocycles. The van der Waals surface area contributed by atoms with Crippen LogP contribution in [0.15, 0.2) is 0 Å². The number of hydrogen-bond acceptors (Lipinski definition) is 4. The zero-order chi connectivity index (χ0) is 9.82. The second-order valence-electron chi connectivity index (χ2n) is 2.14. The topological polar surface area (TPSA) is 66.8 Å². The Labute approximate surface area is 73.2 Å². The number of esters is 1. The summed E-state index contributed by atoms with van der Waals surface area (Å²) in [5.41, 5.74) is 0. The number of hydrogen-bond donors (Lipinski definition) is 2. The van der Waals surface area contributed by atoms with Crippen molar-refractivity contribution in [1.82, 2.24) is 0 Å². The first-order valence-electron chi connectivity index (χ1n) is 4.04. The smallest absolute Gasteiger partial charge is 0.302 e. The Bertz CT molecular complexity index is 91.1. The summed E-state index contributed by atoms with van der Waals surface area (Å²) >= 11 is 0. The molecule has 0 spiro atoms. The summed E-state index contributed by atoms with van der Waals surface area (Å²) < 4.78 is 4.64. The van der Waals surface area contributed by atoms with Gasteiger partial charge in [0.05, 0.1) is 19.8 Å². The molecule has 0 radical (unpaired) electrons. The lowest BCUT2D eigenvalue weighted by molar-refractivity contribution is -0.141. The molecule has 0 bridgehead atoms. The predicted molar refractivity (Wildman–Crippen MR) is 45.7 cm³/mol. The van der Waals surface area contributed by atoms with Gasteiger partial charge in [0.25, 0.3) is 0 Å². The highest BCUT2D eigenvalue weighted by atomic mass is 16.5. The van der Waals surface area contributed by atoms with E-state index in [1.54, 1.807) is 0 Å². The van der Waals surface area contributed by atoms with Crippen molar-refractivity contribution in [3.8, 4) is 0 Å². The van der Waals surface area contributed by atoms with E-state index in [0.29, 0.717) is 6.61 Å². The van der Waals surface area contributed by atoms with Gasteiger partial charge in [0.15, 0.2) is 0 Å². The molecule has 0 rings (SSSR count). The van der Waals surface area contributed by atoms with Crippen molar-refractivity contribution in [2.45, 2.75) is 26.7 Å². The molecule has 0 aliphatic carbocycles. The van der Waals surface area contributed by atoms with E-state index in [1.807, 2.05) is 0 Å². The molecule has 0 aliphatic rings. The van der Waals surface area contributed by atoms with Crippen molar-refractivity contribution in [1.29, 1.82) is 0 Å². The fourth-order valence-corrected chi connectivity index (χ4v) is 0.360. The summed E-state index contributed by atoms with van der Waals surface area (Å²) in [5, 5.41) is 15.2. The molecule has 4 heteroatoms. The van der Waals surface area contributed by atoms with Gasteiger partial charge in [-0.1, -0.05) is 13.3 Å². The minimum absolute atomic E-state index is 0.125. The average Bonchev–Trinajstić information content (AvgIpc) is 2.05. The van der Waals surface area contributed by atoms with Crippen molar-refractivity contribution < 1.29 is 19.7 Å². The molecule has 0 amide bonds. The summed E-state index contributed by atoms with van der Waals surface area (Å²) in [6, 6.07) is 0. The van der Waals surface area contributed by atoms with Gasteiger partial charge < -0.3 is 14.9 Å². The summed E-state index contributed by atoms with van der Waals surface area (Å²) in [7, 11) is 0. The van der Waals surface area contributed by atoms with Crippen LogP contribution in [0.2, 0.25) is 0 Å². The van der Waals surface area contributed by atoms with Gasteiger partial charge in [-0.3, -0.25) is 4.79 Å². The van der Waals surface area contributed by atoms with Gasteiger partial charge in [-0.05, 0) is 6.42 Å². The number of unbranched alkanes of at least 4 members (excludes halogenated alkanes) is 1. The monoisotopic (exact) mass is 178 g/mol. The second-order valence-corrected chi connectivity index (χ2v) is 2.14. The van der Waals surface area contributed by atoms with Crippen LogP contribution in [-0.4, -0.2) is 36.0 Å². The minimum Gasteiger partial charge on any atom is -0.466 e. The van der Waals surface area contributed by atoms with Crippen LogP contribution in [-0.2, 0) is 9.53 Å². The lowest BCUT2D eigenvalue weighted by Gasteiger charge is -1.96. The van der Waals surface area contributed by atoms with Crippen LogP contribution in [0.4, 0.5) is 0 Å². The van der Waals surface area contributed by atoms with Crippen molar-refractivity contribution in [3.05, 3.63) is 0 Å². The molecule has 2 N–H and O–H groups in total. The lowest BCUT2D eigenvalue weighted by Crippen LogP contribution is -1.99. The van der Waals surface area contributed by atoms with Crippen LogP contribution < -0.4 is 0 Å². The van der Waals surface area contributed by atoms with Crippen LogP contribution in [0.3, 0.4) is 0 Å². The van der Waals surface area contributed by atoms with Crippen molar-refractivity contribution in [3.63, 3.8) is 0 Å². The van der Waals surface area contributed by atoms with E-state index in [1.165, 1.54) is 6.92 Å². The summed E-state index contributed by atoms with van der Waals surface area (Å²) in [5.74, 6) is -0.182. The number of rotatable bonds is 4. The van der Waals surface area contributed by atoms with Crippen LogP contribution in [0.1, 0.15) is 26.7 Å². The van der Waals surface area contributed by atoms with Crippen molar-refractivity contribution in [2.24, 2.45) is 0 Å². The molecule has 74 valence electrons. The average molecular weight is 178 g/mol. The maximum absolute atomic E-state index is 10.1. The highest BCUT2D eigenvalue weighted by Crippen LogP contribution is 1.86. The van der Waals surface area contributed by atoms with Crippen molar-refractivity contribution in [2.75, 3.05) is 19.8 Å². The van der Waals surface area contributed by atoms with Crippen LogP contribution in [0, 0.1) is 0 Å². The molecule has 4 nitrogen and oxygen atoms in total.